The van der Waals surface area contributed by atoms with Crippen LogP contribution in [0.15, 0.2) is 35.7 Å². The molecule has 9 heteroatoms. The lowest BCUT2D eigenvalue weighted by Crippen LogP contribution is -2.50. The highest BCUT2D eigenvalue weighted by atomic mass is 32.1. The van der Waals surface area contributed by atoms with Crippen molar-refractivity contribution in [3.8, 4) is 17.3 Å². The monoisotopic (exact) mass is 492 g/mol. The molecule has 1 aromatic carbocycles. The molecule has 2 fully saturated rings. The summed E-state index contributed by atoms with van der Waals surface area (Å²) in [6, 6.07) is 10.3. The third-order valence-electron chi connectivity index (χ3n) is 7.18. The van der Waals surface area contributed by atoms with Gasteiger partial charge in [0.1, 0.15) is 23.9 Å². The van der Waals surface area contributed by atoms with Crippen molar-refractivity contribution in [2.24, 2.45) is 0 Å². The first-order valence-electron chi connectivity index (χ1n) is 12.2. The second-order valence-corrected chi connectivity index (χ2v) is 10.4. The number of thiophene rings is 1. The Morgan fingerprint density at radius 1 is 1.20 bits per heavy atom. The van der Waals surface area contributed by atoms with Gasteiger partial charge in [0, 0.05) is 42.0 Å². The van der Waals surface area contributed by atoms with E-state index in [-0.39, 0.29) is 11.9 Å². The lowest BCUT2D eigenvalue weighted by Gasteiger charge is -2.35. The average molecular weight is 493 g/mol. The fourth-order valence-corrected chi connectivity index (χ4v) is 6.08. The standard InChI is InChI=1S/C26H29FN6OS/c1-16-14-28-9-11-33(16)25-20-13-21(27)22(19-7-3-5-17-8-12-35-23(17)19)29-24(20)30-26(31-25)34-15-18-6-4-10-32(18)2/h3,5,7-8,12-13,16,18,28H,4,6,9-11,14-15H2,1-2H3/t16-,18+/m1/s1. The first kappa shape index (κ1) is 22.6. The Kier molecular flexibility index (Phi) is 5.99. The van der Waals surface area contributed by atoms with Gasteiger partial charge in [-0.05, 0) is 56.3 Å². The first-order valence-corrected chi connectivity index (χ1v) is 13.1. The number of halogens is 1. The zero-order valence-corrected chi connectivity index (χ0v) is 20.8. The highest BCUT2D eigenvalue weighted by molar-refractivity contribution is 7.17. The molecule has 0 amide bonds. The molecule has 5 heterocycles. The van der Waals surface area contributed by atoms with Gasteiger partial charge in [-0.2, -0.15) is 9.97 Å². The Bertz CT molecular complexity index is 1380. The van der Waals surface area contributed by atoms with Crippen molar-refractivity contribution in [2.75, 3.05) is 44.7 Å². The molecule has 0 saturated carbocycles. The van der Waals surface area contributed by atoms with Crippen LogP contribution < -0.4 is 15.0 Å². The molecule has 182 valence electrons. The quantitative estimate of drug-likeness (QED) is 0.445. The van der Waals surface area contributed by atoms with Crippen molar-refractivity contribution in [3.05, 3.63) is 41.5 Å². The highest BCUT2D eigenvalue weighted by Crippen LogP contribution is 2.36. The van der Waals surface area contributed by atoms with Gasteiger partial charge in [-0.15, -0.1) is 11.3 Å². The van der Waals surface area contributed by atoms with E-state index in [1.165, 1.54) is 6.42 Å². The van der Waals surface area contributed by atoms with E-state index in [1.54, 1.807) is 17.4 Å². The van der Waals surface area contributed by atoms with Gasteiger partial charge < -0.3 is 19.9 Å². The van der Waals surface area contributed by atoms with Crippen molar-refractivity contribution in [1.82, 2.24) is 25.2 Å². The summed E-state index contributed by atoms with van der Waals surface area (Å²) in [6.07, 6.45) is 2.27. The summed E-state index contributed by atoms with van der Waals surface area (Å²) < 4.78 is 22.7. The molecule has 1 N–H and O–H groups in total. The Balaban J connectivity index is 1.46. The number of likely N-dealkylation sites (N-methyl/N-ethyl adjacent to an activating group) is 1. The topological polar surface area (TPSA) is 66.4 Å². The van der Waals surface area contributed by atoms with Gasteiger partial charge in [0.25, 0.3) is 0 Å². The largest absolute Gasteiger partial charge is 0.462 e. The maximum atomic E-state index is 15.6. The Morgan fingerprint density at radius 2 is 2.11 bits per heavy atom. The highest BCUT2D eigenvalue weighted by Gasteiger charge is 2.26. The molecule has 7 nitrogen and oxygen atoms in total. The number of nitrogens with one attached hydrogen (secondary N) is 1. The van der Waals surface area contributed by atoms with E-state index in [2.05, 4.69) is 34.1 Å². The summed E-state index contributed by atoms with van der Waals surface area (Å²) in [5.74, 6) is 0.318. The maximum absolute atomic E-state index is 15.6. The van der Waals surface area contributed by atoms with Crippen LogP contribution in [0.4, 0.5) is 10.2 Å². The van der Waals surface area contributed by atoms with Gasteiger partial charge in [0.15, 0.2) is 5.65 Å². The van der Waals surface area contributed by atoms with Crippen LogP contribution >= 0.6 is 11.3 Å². The van der Waals surface area contributed by atoms with Crippen molar-refractivity contribution in [3.63, 3.8) is 0 Å². The van der Waals surface area contributed by atoms with Crippen molar-refractivity contribution in [2.45, 2.75) is 31.8 Å². The average Bonchev–Trinajstić information content (AvgIpc) is 3.51. The first-order chi connectivity index (χ1) is 17.1. The molecule has 0 spiro atoms. The summed E-state index contributed by atoms with van der Waals surface area (Å²) in [6.45, 7) is 6.20. The van der Waals surface area contributed by atoms with Crippen LogP contribution in [-0.4, -0.2) is 71.8 Å². The fourth-order valence-electron chi connectivity index (χ4n) is 5.16. The van der Waals surface area contributed by atoms with Crippen LogP contribution in [0, 0.1) is 5.82 Å². The van der Waals surface area contributed by atoms with E-state index >= 15 is 4.39 Å². The van der Waals surface area contributed by atoms with Gasteiger partial charge in [0.05, 0.1) is 5.39 Å². The second-order valence-electron chi connectivity index (χ2n) is 9.50. The summed E-state index contributed by atoms with van der Waals surface area (Å²) >= 11 is 1.59. The molecule has 0 unspecified atom stereocenters. The number of hydrogen-bond acceptors (Lipinski definition) is 8. The lowest BCUT2D eigenvalue weighted by atomic mass is 10.1. The van der Waals surface area contributed by atoms with Crippen molar-refractivity contribution >= 4 is 38.3 Å². The molecule has 0 bridgehead atoms. The number of aromatic nitrogens is 3. The van der Waals surface area contributed by atoms with Crippen LogP contribution in [-0.2, 0) is 0 Å². The zero-order chi connectivity index (χ0) is 23.9. The summed E-state index contributed by atoms with van der Waals surface area (Å²) in [4.78, 5) is 18.7. The number of pyridine rings is 1. The Labute approximate surface area is 208 Å². The van der Waals surface area contributed by atoms with E-state index in [0.29, 0.717) is 41.2 Å². The number of rotatable bonds is 5. The summed E-state index contributed by atoms with van der Waals surface area (Å²) in [5, 5.41) is 7.12. The minimum absolute atomic E-state index is 0.207. The van der Waals surface area contributed by atoms with E-state index in [1.807, 2.05) is 29.6 Å². The third kappa shape index (κ3) is 4.22. The van der Waals surface area contributed by atoms with Crippen LogP contribution in [0.25, 0.3) is 32.4 Å². The Morgan fingerprint density at radius 3 is 2.94 bits per heavy atom. The number of hydrogen-bond donors (Lipinski definition) is 1. The number of fused-ring (bicyclic) bond motifs is 2. The molecule has 2 atom stereocenters. The smallest absolute Gasteiger partial charge is 0.320 e. The SMILES string of the molecule is C[C@@H]1CNCCN1c1nc(OC[C@@H]2CCCN2C)nc2nc(-c3cccc4ccsc34)c(F)cc12. The molecule has 6 rings (SSSR count). The van der Waals surface area contributed by atoms with Gasteiger partial charge in [-0.3, -0.25) is 0 Å². The molecule has 2 aliphatic rings. The summed E-state index contributed by atoms with van der Waals surface area (Å²) in [5.41, 5.74) is 1.55. The predicted molar refractivity (Wildman–Crippen MR) is 139 cm³/mol. The van der Waals surface area contributed by atoms with Gasteiger partial charge in [0.2, 0.25) is 0 Å². The van der Waals surface area contributed by atoms with E-state index in [0.717, 1.165) is 48.2 Å². The van der Waals surface area contributed by atoms with Gasteiger partial charge >= 0.3 is 6.01 Å². The van der Waals surface area contributed by atoms with E-state index in [9.17, 15) is 0 Å². The van der Waals surface area contributed by atoms with Gasteiger partial charge in [-0.1, -0.05) is 18.2 Å². The molecule has 0 radical (unpaired) electrons. The van der Waals surface area contributed by atoms with E-state index < -0.39 is 0 Å². The molecule has 4 aromatic rings. The van der Waals surface area contributed by atoms with Crippen LogP contribution in [0.5, 0.6) is 6.01 Å². The molecule has 2 aliphatic heterocycles. The number of ether oxygens (including phenoxy) is 1. The van der Waals surface area contributed by atoms with Crippen LogP contribution in [0.2, 0.25) is 0 Å². The summed E-state index contributed by atoms with van der Waals surface area (Å²) in [7, 11) is 2.12. The van der Waals surface area contributed by atoms with Crippen molar-refractivity contribution in [1.29, 1.82) is 0 Å². The number of piperazine rings is 1. The molecule has 0 aliphatic carbocycles. The molecule has 3 aromatic heterocycles. The number of likely N-dealkylation sites (tertiary alicyclic amines) is 1. The normalized spacial score (nSPS) is 21.3. The Hall–Kier alpha value is -2.88. The zero-order valence-electron chi connectivity index (χ0n) is 20.0. The number of benzene rings is 1. The van der Waals surface area contributed by atoms with Crippen LogP contribution in [0.1, 0.15) is 19.8 Å². The minimum Gasteiger partial charge on any atom is -0.462 e. The lowest BCUT2D eigenvalue weighted by molar-refractivity contribution is 0.188. The van der Waals surface area contributed by atoms with Crippen molar-refractivity contribution < 1.29 is 9.13 Å². The molecule has 35 heavy (non-hydrogen) atoms. The molecule has 2 saturated heterocycles. The number of nitrogens with zero attached hydrogens (tertiary/aromatic N) is 5. The van der Waals surface area contributed by atoms with E-state index in [4.69, 9.17) is 14.7 Å². The maximum Gasteiger partial charge on any atom is 0.320 e. The fraction of sp³-hybridized carbons (Fsp3) is 0.423. The number of anilines is 1. The van der Waals surface area contributed by atoms with Gasteiger partial charge in [-0.25, -0.2) is 9.37 Å². The molecular formula is C26H29FN6OS. The molecular weight excluding hydrogens is 463 g/mol. The van der Waals surface area contributed by atoms with Crippen LogP contribution in [0.3, 0.4) is 0 Å². The second kappa shape index (κ2) is 9.29. The minimum atomic E-state index is -0.368. The predicted octanol–water partition coefficient (Wildman–Crippen LogP) is 4.32. The third-order valence-corrected chi connectivity index (χ3v) is 8.15.